The van der Waals surface area contributed by atoms with Gasteiger partial charge < -0.3 is 4.90 Å². The lowest BCUT2D eigenvalue weighted by Crippen LogP contribution is -2.40. The third-order valence-corrected chi connectivity index (χ3v) is 8.58. The molecule has 0 N–H and O–H groups in total. The molecule has 1 amide bonds. The van der Waals surface area contributed by atoms with E-state index in [0.29, 0.717) is 5.75 Å². The first-order chi connectivity index (χ1) is 13.3. The molecular weight excluding hydrogens is 414 g/mol. The van der Waals surface area contributed by atoms with Crippen LogP contribution >= 0.6 is 45.8 Å². The Labute approximate surface area is 172 Å². The minimum absolute atomic E-state index is 0.0419. The molecule has 0 bridgehead atoms. The Bertz CT molecular complexity index is 1090. The summed E-state index contributed by atoms with van der Waals surface area (Å²) in [7, 11) is 0. The van der Waals surface area contributed by atoms with E-state index in [-0.39, 0.29) is 11.9 Å². The first-order valence-corrected chi connectivity index (χ1v) is 12.1. The largest absolute Gasteiger partial charge is 0.330 e. The fourth-order valence-electron chi connectivity index (χ4n) is 3.42. The molecule has 8 heteroatoms. The highest BCUT2D eigenvalue weighted by molar-refractivity contribution is 8.00. The smallest absolute Gasteiger partial charge is 0.233 e. The summed E-state index contributed by atoms with van der Waals surface area (Å²) in [6.45, 7) is 0.771. The van der Waals surface area contributed by atoms with Gasteiger partial charge in [-0.25, -0.2) is 9.97 Å². The lowest BCUT2D eigenvalue weighted by atomic mass is 9.98. The van der Waals surface area contributed by atoms with Gasteiger partial charge in [0.1, 0.15) is 11.4 Å². The van der Waals surface area contributed by atoms with Crippen molar-refractivity contribution < 1.29 is 4.79 Å². The van der Waals surface area contributed by atoms with Gasteiger partial charge in [-0.2, -0.15) is 0 Å². The molecule has 136 valence electrons. The third kappa shape index (κ3) is 3.20. The number of thioether (sulfide) groups is 1. The van der Waals surface area contributed by atoms with E-state index < -0.39 is 0 Å². The average molecular weight is 430 g/mol. The van der Waals surface area contributed by atoms with Gasteiger partial charge in [0.25, 0.3) is 0 Å². The first kappa shape index (κ1) is 17.4. The Morgan fingerprint density at radius 3 is 2.96 bits per heavy atom. The van der Waals surface area contributed by atoms with Gasteiger partial charge in [0, 0.05) is 16.3 Å². The molecule has 5 rings (SSSR count). The summed E-state index contributed by atoms with van der Waals surface area (Å²) in [6, 6.07) is 8.40. The van der Waals surface area contributed by atoms with Gasteiger partial charge in [0.05, 0.1) is 22.0 Å². The van der Waals surface area contributed by atoms with Gasteiger partial charge in [-0.05, 0) is 46.3 Å². The number of aromatic nitrogens is 2. The number of carbonyl (C=O) groups is 1. The van der Waals surface area contributed by atoms with Crippen molar-refractivity contribution in [3.05, 3.63) is 62.1 Å². The highest BCUT2D eigenvalue weighted by Gasteiger charge is 2.33. The summed E-state index contributed by atoms with van der Waals surface area (Å²) in [6.07, 6.45) is 2.52. The van der Waals surface area contributed by atoms with Gasteiger partial charge in [0.15, 0.2) is 0 Å². The van der Waals surface area contributed by atoms with E-state index in [9.17, 15) is 4.79 Å². The zero-order valence-electron chi connectivity index (χ0n) is 14.2. The number of carbonyl (C=O) groups excluding carboxylic acids is 1. The number of thiophene rings is 3. The molecule has 1 aliphatic heterocycles. The van der Waals surface area contributed by atoms with E-state index in [1.165, 1.54) is 27.1 Å². The Morgan fingerprint density at radius 2 is 2.07 bits per heavy atom. The Hall–Kier alpha value is -1.74. The predicted octanol–water partition coefficient (Wildman–Crippen LogP) is 5.08. The van der Waals surface area contributed by atoms with Gasteiger partial charge in [0.2, 0.25) is 5.91 Å². The number of nitrogens with zero attached hydrogens (tertiary/aromatic N) is 3. The standard InChI is InChI=1S/C19H15N3OS4/c23-16(10-27-19-18-13(5-9-26-18)20-11-21-19)22-6-3-14-12(4-8-25-14)17(22)15-2-1-7-24-15/h1-2,4-5,7-9,11,17H,3,6,10H2. The van der Waals surface area contributed by atoms with Crippen LogP contribution < -0.4 is 0 Å². The second-order valence-corrected chi connectivity index (χ2v) is 10.0. The minimum Gasteiger partial charge on any atom is -0.330 e. The number of hydrogen-bond donors (Lipinski definition) is 0. The van der Waals surface area contributed by atoms with Crippen molar-refractivity contribution in [3.63, 3.8) is 0 Å². The molecule has 4 aromatic heterocycles. The summed E-state index contributed by atoms with van der Waals surface area (Å²) in [5.41, 5.74) is 2.23. The fourth-order valence-corrected chi connectivity index (χ4v) is 7.01. The molecule has 1 aliphatic rings. The summed E-state index contributed by atoms with van der Waals surface area (Å²) in [5, 5.41) is 7.13. The summed E-state index contributed by atoms with van der Waals surface area (Å²) in [5.74, 6) is 0.560. The van der Waals surface area contributed by atoms with Crippen LogP contribution in [0.15, 0.2) is 51.8 Å². The molecule has 0 aromatic carbocycles. The van der Waals surface area contributed by atoms with Crippen molar-refractivity contribution in [2.24, 2.45) is 0 Å². The Balaban J connectivity index is 1.40. The SMILES string of the molecule is O=C(CSc1ncnc2ccsc12)N1CCc2sccc2C1c1cccs1. The molecule has 1 atom stereocenters. The maximum absolute atomic E-state index is 13.2. The van der Waals surface area contributed by atoms with E-state index in [1.54, 1.807) is 40.3 Å². The van der Waals surface area contributed by atoms with Crippen LogP contribution in [0, 0.1) is 0 Å². The molecule has 4 aromatic rings. The highest BCUT2D eigenvalue weighted by atomic mass is 32.2. The third-order valence-electron chi connectivity index (χ3n) is 4.64. The number of hydrogen-bond acceptors (Lipinski definition) is 7. The van der Waals surface area contributed by atoms with Gasteiger partial charge in [-0.1, -0.05) is 17.8 Å². The van der Waals surface area contributed by atoms with E-state index in [4.69, 9.17) is 0 Å². The molecule has 27 heavy (non-hydrogen) atoms. The van der Waals surface area contributed by atoms with E-state index in [2.05, 4.69) is 38.9 Å². The van der Waals surface area contributed by atoms with Gasteiger partial charge in [-0.15, -0.1) is 34.0 Å². The van der Waals surface area contributed by atoms with Crippen LogP contribution in [0.3, 0.4) is 0 Å². The average Bonchev–Trinajstić information content (AvgIpc) is 3.46. The minimum atomic E-state index is 0.0419. The predicted molar refractivity (Wildman–Crippen MR) is 114 cm³/mol. The van der Waals surface area contributed by atoms with Crippen LogP contribution in [0.2, 0.25) is 0 Å². The van der Waals surface area contributed by atoms with Crippen molar-refractivity contribution >= 4 is 61.9 Å². The quantitative estimate of drug-likeness (QED) is 0.335. The molecule has 0 saturated heterocycles. The summed E-state index contributed by atoms with van der Waals surface area (Å²) < 4.78 is 1.06. The van der Waals surface area contributed by atoms with Crippen molar-refractivity contribution in [1.82, 2.24) is 14.9 Å². The molecule has 1 unspecified atom stereocenters. The lowest BCUT2D eigenvalue weighted by Gasteiger charge is -2.35. The molecule has 0 spiro atoms. The zero-order valence-corrected chi connectivity index (χ0v) is 17.5. The summed E-state index contributed by atoms with van der Waals surface area (Å²) in [4.78, 5) is 26.5. The second-order valence-electron chi connectivity index (χ2n) is 6.16. The van der Waals surface area contributed by atoms with Crippen LogP contribution in [0.5, 0.6) is 0 Å². The second kappa shape index (κ2) is 7.35. The molecule has 0 saturated carbocycles. The Kier molecular flexibility index (Phi) is 4.73. The maximum atomic E-state index is 13.2. The molecule has 4 nitrogen and oxygen atoms in total. The summed E-state index contributed by atoms with van der Waals surface area (Å²) >= 11 is 6.66. The van der Waals surface area contributed by atoms with Crippen LogP contribution in [0.25, 0.3) is 10.2 Å². The number of rotatable bonds is 4. The fraction of sp³-hybridized carbons (Fsp3) is 0.211. The lowest BCUT2D eigenvalue weighted by molar-refractivity contribution is -0.130. The zero-order chi connectivity index (χ0) is 18.2. The molecule has 0 radical (unpaired) electrons. The van der Waals surface area contributed by atoms with Crippen molar-refractivity contribution in [3.8, 4) is 0 Å². The number of fused-ring (bicyclic) bond motifs is 2. The van der Waals surface area contributed by atoms with Crippen molar-refractivity contribution in [1.29, 1.82) is 0 Å². The first-order valence-electron chi connectivity index (χ1n) is 8.51. The van der Waals surface area contributed by atoms with Crippen molar-refractivity contribution in [2.45, 2.75) is 17.5 Å². The highest BCUT2D eigenvalue weighted by Crippen LogP contribution is 2.40. The topological polar surface area (TPSA) is 46.1 Å². The molecular formula is C19H15N3OS4. The van der Waals surface area contributed by atoms with Gasteiger partial charge >= 0.3 is 0 Å². The van der Waals surface area contributed by atoms with E-state index >= 15 is 0 Å². The normalized spacial score (nSPS) is 16.6. The van der Waals surface area contributed by atoms with Crippen molar-refractivity contribution in [2.75, 3.05) is 12.3 Å². The van der Waals surface area contributed by atoms with Crippen LogP contribution in [0.1, 0.15) is 21.4 Å². The van der Waals surface area contributed by atoms with Gasteiger partial charge in [-0.3, -0.25) is 4.79 Å². The molecule has 0 fully saturated rings. The Morgan fingerprint density at radius 1 is 1.15 bits per heavy atom. The van der Waals surface area contributed by atoms with Crippen LogP contribution in [0.4, 0.5) is 0 Å². The van der Waals surface area contributed by atoms with E-state index in [0.717, 1.165) is 28.2 Å². The molecule has 0 aliphatic carbocycles. The van der Waals surface area contributed by atoms with Crippen LogP contribution in [-0.4, -0.2) is 33.1 Å². The molecule has 5 heterocycles. The maximum Gasteiger partial charge on any atom is 0.233 e. The van der Waals surface area contributed by atoms with Crippen LogP contribution in [-0.2, 0) is 11.2 Å². The van der Waals surface area contributed by atoms with E-state index in [1.807, 2.05) is 16.3 Å². The number of amides is 1. The monoisotopic (exact) mass is 429 g/mol.